The van der Waals surface area contributed by atoms with E-state index in [1.54, 1.807) is 30.3 Å². The fraction of sp³-hybridized carbons (Fsp3) is 0.375. The number of carbonyl (C=O) groups excluding carboxylic acids is 2. The van der Waals surface area contributed by atoms with Crippen LogP contribution in [0.2, 0.25) is 10.0 Å². The lowest BCUT2D eigenvalue weighted by atomic mass is 10.0. The van der Waals surface area contributed by atoms with Crippen LogP contribution in [0.4, 0.5) is 15.3 Å². The van der Waals surface area contributed by atoms with Crippen LogP contribution >= 0.6 is 23.2 Å². The van der Waals surface area contributed by atoms with Crippen LogP contribution in [-0.4, -0.2) is 45.8 Å². The van der Waals surface area contributed by atoms with Gasteiger partial charge in [0.1, 0.15) is 0 Å². The zero-order chi connectivity index (χ0) is 25.0. The minimum atomic E-state index is -1.10. The average Bonchev–Trinajstić information content (AvgIpc) is 2.76. The van der Waals surface area contributed by atoms with E-state index < -0.39 is 30.2 Å². The Hall–Kier alpha value is -2.97. The van der Waals surface area contributed by atoms with Gasteiger partial charge < -0.3 is 10.4 Å². The number of aliphatic carboxylic acids is 1. The van der Waals surface area contributed by atoms with Gasteiger partial charge in [0.15, 0.2) is 6.29 Å². The number of amides is 4. The number of carbonyl (C=O) groups is 3. The van der Waals surface area contributed by atoms with Gasteiger partial charge in [0.05, 0.1) is 12.5 Å². The standard InChI is InChI=1S/C24H28Cl2N4O4/c1-14(2)10-17-6-9-19(11-20(17)26)27-22-28-23(33)30(12-15(3)21(31)32)24(34)29(22)13-16-4-7-18(25)8-5-16/h4-9,11,14-15,22,27H,10,12-13H2,1-3H3,(H,28,33)(H,31,32)/t15-,22?/m0/s1. The molecule has 10 heteroatoms. The van der Waals surface area contributed by atoms with Crippen molar-refractivity contribution in [1.82, 2.24) is 15.1 Å². The summed E-state index contributed by atoms with van der Waals surface area (Å²) in [4.78, 5) is 39.7. The molecule has 1 saturated heterocycles. The summed E-state index contributed by atoms with van der Waals surface area (Å²) in [6.45, 7) is 5.57. The molecule has 0 spiro atoms. The first-order valence-electron chi connectivity index (χ1n) is 11.0. The molecule has 3 N–H and O–H groups in total. The number of rotatable bonds is 9. The highest BCUT2D eigenvalue weighted by atomic mass is 35.5. The van der Waals surface area contributed by atoms with E-state index in [9.17, 15) is 19.5 Å². The second-order valence-electron chi connectivity index (χ2n) is 8.79. The molecule has 0 aliphatic carbocycles. The molecular formula is C24H28Cl2N4O4. The van der Waals surface area contributed by atoms with Crippen LogP contribution < -0.4 is 10.6 Å². The number of imide groups is 1. The predicted octanol–water partition coefficient (Wildman–Crippen LogP) is 5.26. The van der Waals surface area contributed by atoms with Gasteiger partial charge in [0, 0.05) is 22.3 Å². The highest BCUT2D eigenvalue weighted by molar-refractivity contribution is 6.31. The summed E-state index contributed by atoms with van der Waals surface area (Å²) >= 11 is 12.4. The van der Waals surface area contributed by atoms with Crippen molar-refractivity contribution in [3.05, 3.63) is 63.6 Å². The molecule has 0 aromatic heterocycles. The van der Waals surface area contributed by atoms with Gasteiger partial charge in [0.25, 0.3) is 0 Å². The molecule has 2 aromatic carbocycles. The van der Waals surface area contributed by atoms with Crippen molar-refractivity contribution in [2.45, 2.75) is 40.0 Å². The second-order valence-corrected chi connectivity index (χ2v) is 9.63. The van der Waals surface area contributed by atoms with Crippen molar-refractivity contribution in [3.63, 3.8) is 0 Å². The molecular weight excluding hydrogens is 479 g/mol. The molecule has 2 aromatic rings. The number of nitrogens with zero attached hydrogens (tertiary/aromatic N) is 2. The van der Waals surface area contributed by atoms with Gasteiger partial charge in [-0.05, 0) is 47.7 Å². The molecule has 0 radical (unpaired) electrons. The topological polar surface area (TPSA) is 102 Å². The van der Waals surface area contributed by atoms with Crippen molar-refractivity contribution in [2.24, 2.45) is 11.8 Å². The van der Waals surface area contributed by atoms with Gasteiger partial charge in [-0.1, -0.05) is 62.2 Å². The number of nitrogens with one attached hydrogen (secondary N) is 2. The quantitative estimate of drug-likeness (QED) is 0.430. The summed E-state index contributed by atoms with van der Waals surface area (Å²) in [6, 6.07) is 11.2. The minimum Gasteiger partial charge on any atom is -0.481 e. The predicted molar refractivity (Wildman–Crippen MR) is 132 cm³/mol. The maximum atomic E-state index is 13.3. The van der Waals surface area contributed by atoms with E-state index in [1.165, 1.54) is 11.8 Å². The lowest BCUT2D eigenvalue weighted by Gasteiger charge is -2.41. The molecule has 1 fully saturated rings. The maximum absolute atomic E-state index is 13.3. The summed E-state index contributed by atoms with van der Waals surface area (Å²) in [5.41, 5.74) is 2.43. The van der Waals surface area contributed by atoms with E-state index in [0.29, 0.717) is 21.7 Å². The van der Waals surface area contributed by atoms with Crippen LogP contribution in [0.3, 0.4) is 0 Å². The first-order chi connectivity index (χ1) is 16.0. The van der Waals surface area contributed by atoms with Gasteiger partial charge in [-0.25, -0.2) is 14.5 Å². The third-order valence-electron chi connectivity index (χ3n) is 5.42. The van der Waals surface area contributed by atoms with Gasteiger partial charge in [0.2, 0.25) is 0 Å². The first-order valence-corrected chi connectivity index (χ1v) is 11.7. The Morgan fingerprint density at radius 1 is 1.12 bits per heavy atom. The number of halogens is 2. The summed E-state index contributed by atoms with van der Waals surface area (Å²) in [6.07, 6.45) is -0.0453. The van der Waals surface area contributed by atoms with Crippen molar-refractivity contribution >= 4 is 46.9 Å². The molecule has 4 amide bonds. The van der Waals surface area contributed by atoms with Crippen LogP contribution in [0.5, 0.6) is 0 Å². The van der Waals surface area contributed by atoms with Crippen LogP contribution in [0.1, 0.15) is 31.9 Å². The molecule has 1 heterocycles. The Bertz CT molecular complexity index is 1060. The third kappa shape index (κ3) is 6.33. The van der Waals surface area contributed by atoms with Crippen LogP contribution in [0.25, 0.3) is 0 Å². The van der Waals surface area contributed by atoms with Crippen molar-refractivity contribution in [1.29, 1.82) is 0 Å². The lowest BCUT2D eigenvalue weighted by molar-refractivity contribution is -0.141. The number of benzene rings is 2. The average molecular weight is 507 g/mol. The monoisotopic (exact) mass is 506 g/mol. The molecule has 0 saturated carbocycles. The highest BCUT2D eigenvalue weighted by Crippen LogP contribution is 2.25. The highest BCUT2D eigenvalue weighted by Gasteiger charge is 2.39. The summed E-state index contributed by atoms with van der Waals surface area (Å²) in [5, 5.41) is 16.3. The number of hydrogen-bond donors (Lipinski definition) is 3. The molecule has 182 valence electrons. The zero-order valence-electron chi connectivity index (χ0n) is 19.2. The van der Waals surface area contributed by atoms with Crippen molar-refractivity contribution in [2.75, 3.05) is 11.9 Å². The van der Waals surface area contributed by atoms with Crippen LogP contribution in [-0.2, 0) is 17.8 Å². The smallest absolute Gasteiger partial charge is 0.331 e. The van der Waals surface area contributed by atoms with Gasteiger partial charge in [-0.3, -0.25) is 15.0 Å². The SMILES string of the molecule is CC(C)Cc1ccc(NC2NC(=O)N(C[C@H](C)C(=O)O)C(=O)N2Cc2ccc(Cl)cc2)cc1Cl. The minimum absolute atomic E-state index is 0.158. The fourth-order valence-electron chi connectivity index (χ4n) is 3.60. The second kappa shape index (κ2) is 11.0. The van der Waals surface area contributed by atoms with Gasteiger partial charge in [-0.15, -0.1) is 0 Å². The van der Waals surface area contributed by atoms with E-state index >= 15 is 0 Å². The molecule has 3 rings (SSSR count). The summed E-state index contributed by atoms with van der Waals surface area (Å²) in [5.74, 6) is -1.56. The fourth-order valence-corrected chi connectivity index (χ4v) is 3.98. The number of anilines is 1. The van der Waals surface area contributed by atoms with E-state index in [1.807, 2.05) is 12.1 Å². The van der Waals surface area contributed by atoms with E-state index in [0.717, 1.165) is 22.4 Å². The Kier molecular flexibility index (Phi) is 8.28. The molecule has 1 aliphatic heterocycles. The Balaban J connectivity index is 1.86. The molecule has 1 unspecified atom stereocenters. The Labute approximate surface area is 208 Å². The molecule has 1 aliphatic rings. The number of hydrogen-bond acceptors (Lipinski definition) is 4. The van der Waals surface area contributed by atoms with E-state index in [2.05, 4.69) is 24.5 Å². The molecule has 34 heavy (non-hydrogen) atoms. The van der Waals surface area contributed by atoms with Crippen LogP contribution in [0.15, 0.2) is 42.5 Å². The van der Waals surface area contributed by atoms with E-state index in [-0.39, 0.29) is 13.1 Å². The van der Waals surface area contributed by atoms with E-state index in [4.69, 9.17) is 23.2 Å². The maximum Gasteiger partial charge on any atom is 0.331 e. The number of carboxylic acids is 1. The number of urea groups is 2. The largest absolute Gasteiger partial charge is 0.481 e. The Morgan fingerprint density at radius 2 is 1.79 bits per heavy atom. The lowest BCUT2D eigenvalue weighted by Crippen LogP contribution is -2.67. The Morgan fingerprint density at radius 3 is 2.38 bits per heavy atom. The van der Waals surface area contributed by atoms with Crippen molar-refractivity contribution < 1.29 is 19.5 Å². The van der Waals surface area contributed by atoms with Gasteiger partial charge >= 0.3 is 18.0 Å². The normalized spacial score (nSPS) is 17.1. The first kappa shape index (κ1) is 25.6. The molecule has 8 nitrogen and oxygen atoms in total. The zero-order valence-corrected chi connectivity index (χ0v) is 20.7. The summed E-state index contributed by atoms with van der Waals surface area (Å²) in [7, 11) is 0. The number of carboxylic acid groups (broad SMARTS) is 1. The van der Waals surface area contributed by atoms with Gasteiger partial charge in [-0.2, -0.15) is 0 Å². The summed E-state index contributed by atoms with van der Waals surface area (Å²) < 4.78 is 0. The third-order valence-corrected chi connectivity index (χ3v) is 6.03. The van der Waals surface area contributed by atoms with Crippen LogP contribution in [0, 0.1) is 11.8 Å². The van der Waals surface area contributed by atoms with Crippen molar-refractivity contribution in [3.8, 4) is 0 Å². The molecule has 0 bridgehead atoms. The molecule has 2 atom stereocenters.